The van der Waals surface area contributed by atoms with Crippen molar-refractivity contribution in [1.29, 1.82) is 0 Å². The minimum atomic E-state index is -0.0569. The van der Waals surface area contributed by atoms with Crippen LogP contribution in [0.25, 0.3) is 0 Å². The number of nitrogens with two attached hydrogens (primary N) is 1. The summed E-state index contributed by atoms with van der Waals surface area (Å²) < 4.78 is 6.60. The van der Waals surface area contributed by atoms with Crippen LogP contribution < -0.4 is 5.73 Å². The monoisotopic (exact) mass is 308 g/mol. The molecule has 0 saturated carbocycles. The zero-order chi connectivity index (χ0) is 13.3. The lowest BCUT2D eigenvalue weighted by Crippen LogP contribution is -2.15. The molecule has 0 aliphatic carbocycles. The third kappa shape index (κ3) is 2.65. The topological polar surface area (TPSA) is 52.0 Å². The Hall–Kier alpha value is -1.13. The van der Waals surface area contributed by atoms with Crippen LogP contribution in [0.1, 0.15) is 34.3 Å². The second-order valence-electron chi connectivity index (χ2n) is 4.58. The Morgan fingerprint density at radius 3 is 2.56 bits per heavy atom. The van der Waals surface area contributed by atoms with E-state index in [9.17, 15) is 0 Å². The molecule has 0 saturated heterocycles. The maximum Gasteiger partial charge on any atom is 0.106 e. The Balaban J connectivity index is 2.24. The number of aromatic nitrogens is 1. The van der Waals surface area contributed by atoms with Crippen LogP contribution in [0.5, 0.6) is 0 Å². The van der Waals surface area contributed by atoms with Gasteiger partial charge in [-0.3, -0.25) is 4.98 Å². The second-order valence-corrected chi connectivity index (χ2v) is 5.49. The molecule has 96 valence electrons. The quantitative estimate of drug-likeness (QED) is 0.942. The maximum absolute atomic E-state index is 6.29. The van der Waals surface area contributed by atoms with Gasteiger partial charge in [0.2, 0.25) is 0 Å². The average molecular weight is 309 g/mol. The highest BCUT2D eigenvalue weighted by Gasteiger charge is 2.18. The smallest absolute Gasteiger partial charge is 0.106 e. The fourth-order valence-corrected chi connectivity index (χ4v) is 2.69. The van der Waals surface area contributed by atoms with Crippen LogP contribution in [0.4, 0.5) is 0 Å². The summed E-state index contributed by atoms with van der Waals surface area (Å²) in [5, 5.41) is 0. The van der Waals surface area contributed by atoms with Crippen LogP contribution in [0, 0.1) is 20.8 Å². The van der Waals surface area contributed by atoms with E-state index in [1.54, 1.807) is 6.20 Å². The van der Waals surface area contributed by atoms with Crippen LogP contribution in [0.15, 0.2) is 27.3 Å². The SMILES string of the molecule is Cc1oc(C)c(C(N)Cc2cncc(Br)c2)c1C. The number of aryl methyl sites for hydroxylation is 2. The Morgan fingerprint density at radius 2 is 2.00 bits per heavy atom. The number of rotatable bonds is 3. The van der Waals surface area contributed by atoms with E-state index in [1.807, 2.05) is 26.1 Å². The van der Waals surface area contributed by atoms with Crippen molar-refractivity contribution in [2.45, 2.75) is 33.2 Å². The summed E-state index contributed by atoms with van der Waals surface area (Å²) in [6.45, 7) is 5.99. The summed E-state index contributed by atoms with van der Waals surface area (Å²) in [7, 11) is 0. The van der Waals surface area contributed by atoms with E-state index in [1.165, 1.54) is 0 Å². The van der Waals surface area contributed by atoms with Crippen molar-refractivity contribution in [3.05, 3.63) is 51.1 Å². The lowest BCUT2D eigenvalue weighted by Gasteiger charge is -2.12. The molecule has 2 N–H and O–H groups in total. The van der Waals surface area contributed by atoms with Crippen molar-refractivity contribution >= 4 is 15.9 Å². The van der Waals surface area contributed by atoms with Gasteiger partial charge in [0.05, 0.1) is 0 Å². The summed E-state index contributed by atoms with van der Waals surface area (Å²) in [4.78, 5) is 4.16. The van der Waals surface area contributed by atoms with Gasteiger partial charge in [-0.25, -0.2) is 0 Å². The van der Waals surface area contributed by atoms with Gasteiger partial charge < -0.3 is 10.2 Å². The normalized spacial score (nSPS) is 12.7. The molecule has 1 atom stereocenters. The van der Waals surface area contributed by atoms with Crippen LogP contribution in [-0.4, -0.2) is 4.98 Å². The molecule has 2 aromatic heterocycles. The highest BCUT2D eigenvalue weighted by Crippen LogP contribution is 2.28. The highest BCUT2D eigenvalue weighted by molar-refractivity contribution is 9.10. The third-order valence-corrected chi connectivity index (χ3v) is 3.64. The minimum Gasteiger partial charge on any atom is -0.466 e. The molecule has 2 rings (SSSR count). The van der Waals surface area contributed by atoms with Gasteiger partial charge in [0.1, 0.15) is 11.5 Å². The molecule has 2 aromatic rings. The lowest BCUT2D eigenvalue weighted by atomic mass is 9.97. The van der Waals surface area contributed by atoms with Crippen molar-refractivity contribution in [2.24, 2.45) is 5.73 Å². The highest BCUT2D eigenvalue weighted by atomic mass is 79.9. The van der Waals surface area contributed by atoms with Crippen LogP contribution in [-0.2, 0) is 6.42 Å². The Labute approximate surface area is 116 Å². The predicted octanol–water partition coefficient (Wildman–Crippen LogP) is 3.60. The van der Waals surface area contributed by atoms with Crippen LogP contribution in [0.2, 0.25) is 0 Å². The van der Waals surface area contributed by atoms with Crippen molar-refractivity contribution in [1.82, 2.24) is 4.98 Å². The standard InChI is InChI=1S/C14H17BrN2O/c1-8-9(2)18-10(3)14(8)13(16)5-11-4-12(15)7-17-6-11/h4,6-7,13H,5,16H2,1-3H3. The molecule has 0 bridgehead atoms. The van der Waals surface area contributed by atoms with Crippen LogP contribution in [0.3, 0.4) is 0 Å². The first kappa shape index (κ1) is 13.3. The van der Waals surface area contributed by atoms with Crippen LogP contribution >= 0.6 is 15.9 Å². The van der Waals surface area contributed by atoms with Crippen molar-refractivity contribution < 1.29 is 4.42 Å². The molecule has 0 amide bonds. The summed E-state index contributed by atoms with van der Waals surface area (Å²) >= 11 is 3.42. The molecule has 0 aliphatic heterocycles. The Bertz CT molecular complexity index is 563. The van der Waals surface area contributed by atoms with E-state index >= 15 is 0 Å². The summed E-state index contributed by atoms with van der Waals surface area (Å²) in [6, 6.07) is 1.99. The van der Waals surface area contributed by atoms with Gasteiger partial charge in [0.25, 0.3) is 0 Å². The van der Waals surface area contributed by atoms with E-state index in [0.717, 1.165) is 39.1 Å². The first-order valence-corrected chi connectivity index (χ1v) is 6.70. The first-order chi connectivity index (χ1) is 8.49. The van der Waals surface area contributed by atoms with E-state index in [4.69, 9.17) is 10.2 Å². The fourth-order valence-electron chi connectivity index (χ4n) is 2.28. The Kier molecular flexibility index (Phi) is 3.88. The summed E-state index contributed by atoms with van der Waals surface area (Å²) in [5.74, 6) is 1.87. The van der Waals surface area contributed by atoms with Gasteiger partial charge in [-0.2, -0.15) is 0 Å². The molecular weight excluding hydrogens is 292 g/mol. The van der Waals surface area contributed by atoms with E-state index in [-0.39, 0.29) is 6.04 Å². The second kappa shape index (κ2) is 5.24. The molecule has 0 radical (unpaired) electrons. The molecule has 2 heterocycles. The lowest BCUT2D eigenvalue weighted by molar-refractivity contribution is 0.496. The van der Waals surface area contributed by atoms with Crippen molar-refractivity contribution in [2.75, 3.05) is 0 Å². The third-order valence-electron chi connectivity index (χ3n) is 3.21. The number of pyridine rings is 1. The molecule has 0 fully saturated rings. The van der Waals surface area contributed by atoms with Crippen molar-refractivity contribution in [3.8, 4) is 0 Å². The van der Waals surface area contributed by atoms with Gasteiger partial charge in [0, 0.05) is 28.5 Å². The zero-order valence-electron chi connectivity index (χ0n) is 10.8. The Morgan fingerprint density at radius 1 is 1.28 bits per heavy atom. The fraction of sp³-hybridized carbons (Fsp3) is 0.357. The molecule has 18 heavy (non-hydrogen) atoms. The van der Waals surface area contributed by atoms with Gasteiger partial charge in [0.15, 0.2) is 0 Å². The zero-order valence-corrected chi connectivity index (χ0v) is 12.4. The molecule has 4 heteroatoms. The molecule has 0 aliphatic rings. The van der Waals surface area contributed by atoms with Gasteiger partial charge in [-0.05, 0) is 60.3 Å². The maximum atomic E-state index is 6.29. The van der Waals surface area contributed by atoms with E-state index in [2.05, 4.69) is 27.8 Å². The number of furan rings is 1. The average Bonchev–Trinajstić information content (AvgIpc) is 2.53. The molecule has 3 nitrogen and oxygen atoms in total. The molecule has 0 spiro atoms. The predicted molar refractivity (Wildman–Crippen MR) is 75.5 cm³/mol. The number of nitrogens with zero attached hydrogens (tertiary/aromatic N) is 1. The van der Waals surface area contributed by atoms with Gasteiger partial charge >= 0.3 is 0 Å². The molecular formula is C14H17BrN2O. The van der Waals surface area contributed by atoms with E-state index < -0.39 is 0 Å². The number of halogens is 1. The van der Waals surface area contributed by atoms with E-state index in [0.29, 0.717) is 0 Å². The summed E-state index contributed by atoms with van der Waals surface area (Å²) in [5.41, 5.74) is 9.68. The first-order valence-electron chi connectivity index (χ1n) is 5.90. The largest absolute Gasteiger partial charge is 0.466 e. The molecule has 0 aromatic carbocycles. The van der Waals surface area contributed by atoms with Gasteiger partial charge in [-0.15, -0.1) is 0 Å². The minimum absolute atomic E-state index is 0.0569. The van der Waals surface area contributed by atoms with Crippen molar-refractivity contribution in [3.63, 3.8) is 0 Å². The number of hydrogen-bond donors (Lipinski definition) is 1. The number of hydrogen-bond acceptors (Lipinski definition) is 3. The molecule has 1 unspecified atom stereocenters. The summed E-state index contributed by atoms with van der Waals surface area (Å²) in [6.07, 6.45) is 4.38. The van der Waals surface area contributed by atoms with Gasteiger partial charge in [-0.1, -0.05) is 0 Å².